The normalized spacial score (nSPS) is 41.8. The van der Waals surface area contributed by atoms with Crippen LogP contribution in [-0.2, 0) is 0 Å². The van der Waals surface area contributed by atoms with E-state index in [1.807, 2.05) is 0 Å². The Balaban J connectivity index is 1.58. The smallest absolute Gasteiger partial charge is 0.124 e. The molecule has 0 radical (unpaired) electrons. The average molecular weight is 456 g/mol. The van der Waals surface area contributed by atoms with Crippen molar-refractivity contribution in [3.63, 3.8) is 0 Å². The van der Waals surface area contributed by atoms with E-state index in [1.165, 1.54) is 50.5 Å². The van der Waals surface area contributed by atoms with E-state index in [0.717, 1.165) is 42.9 Å². The topological polar surface area (TPSA) is 66.5 Å². The second kappa shape index (κ2) is 10.0. The summed E-state index contributed by atoms with van der Waals surface area (Å²) < 4.78 is 0. The van der Waals surface area contributed by atoms with Gasteiger partial charge in [-0.25, -0.2) is 0 Å². The first-order chi connectivity index (χ1) is 15.7. The fourth-order valence-electron chi connectivity index (χ4n) is 9.17. The predicted molar refractivity (Wildman–Crippen MR) is 136 cm³/mol. The van der Waals surface area contributed by atoms with Gasteiger partial charge in [-0.2, -0.15) is 0 Å². The third-order valence-corrected chi connectivity index (χ3v) is 10.7. The van der Waals surface area contributed by atoms with Gasteiger partial charge in [-0.15, -0.1) is 0 Å². The van der Waals surface area contributed by atoms with Crippen LogP contribution in [0.3, 0.4) is 0 Å². The Morgan fingerprint density at radius 3 is 2.61 bits per heavy atom. The monoisotopic (exact) mass is 455 g/mol. The molecule has 1 unspecified atom stereocenters. The maximum absolute atomic E-state index is 11.5. The molecule has 4 rings (SSSR count). The van der Waals surface area contributed by atoms with E-state index in [0.29, 0.717) is 30.2 Å². The molecule has 3 nitrogen and oxygen atoms in total. The summed E-state index contributed by atoms with van der Waals surface area (Å²) in [6, 6.07) is 0. The molecule has 9 atom stereocenters. The van der Waals surface area contributed by atoms with E-state index in [4.69, 9.17) is 5.73 Å². The molecule has 0 spiro atoms. The number of rotatable bonds is 6. The Labute approximate surface area is 203 Å². The molecule has 4 aliphatic carbocycles. The van der Waals surface area contributed by atoms with E-state index in [1.54, 1.807) is 0 Å². The summed E-state index contributed by atoms with van der Waals surface area (Å²) in [5.74, 6) is 10.4. The van der Waals surface area contributed by atoms with Gasteiger partial charge in [0.25, 0.3) is 0 Å². The molecule has 3 saturated carbocycles. The van der Waals surface area contributed by atoms with Crippen molar-refractivity contribution in [2.45, 2.75) is 111 Å². The standard InChI is InChI=1S/C30H49NO2/c1-20(2)7-5-8-21(3)25-12-13-26-24-11-10-22-19-23(32)14-17-30(22,28(33)9-6-18-31)27(24)15-16-29(25,26)4/h10,20-21,23-28,32-33H,5,7-8,11-19,31H2,1-4H3/t21-,23+,24+,25-,26+,27+,28?,29-,30-/m1/s1. The Morgan fingerprint density at radius 2 is 1.88 bits per heavy atom. The van der Waals surface area contributed by atoms with Crippen molar-refractivity contribution >= 4 is 0 Å². The Bertz CT molecular complexity index is 778. The zero-order valence-corrected chi connectivity index (χ0v) is 21.7. The fraction of sp³-hybridized carbons (Fsp3) is 0.867. The zero-order valence-electron chi connectivity index (χ0n) is 21.7. The molecule has 0 saturated heterocycles. The number of fused-ring (bicyclic) bond motifs is 5. The van der Waals surface area contributed by atoms with E-state index in [2.05, 4.69) is 45.6 Å². The van der Waals surface area contributed by atoms with Gasteiger partial charge in [-0.3, -0.25) is 0 Å². The summed E-state index contributed by atoms with van der Waals surface area (Å²) in [4.78, 5) is 0. The summed E-state index contributed by atoms with van der Waals surface area (Å²) >= 11 is 0. The Hall–Kier alpha value is -0.820. The summed E-state index contributed by atoms with van der Waals surface area (Å²) in [7, 11) is 0. The summed E-state index contributed by atoms with van der Waals surface area (Å²) in [6.07, 6.45) is 14.3. The first-order valence-corrected chi connectivity index (χ1v) is 14.0. The van der Waals surface area contributed by atoms with Crippen LogP contribution in [0, 0.1) is 58.2 Å². The van der Waals surface area contributed by atoms with Crippen LogP contribution < -0.4 is 5.73 Å². The number of aliphatic hydroxyl groups excluding tert-OH is 2. The van der Waals surface area contributed by atoms with Crippen molar-refractivity contribution in [3.8, 4) is 11.8 Å². The minimum Gasteiger partial charge on any atom is -0.393 e. The minimum atomic E-state index is -0.663. The maximum atomic E-state index is 11.5. The van der Waals surface area contributed by atoms with Gasteiger partial charge >= 0.3 is 0 Å². The van der Waals surface area contributed by atoms with Gasteiger partial charge in [0.1, 0.15) is 6.10 Å². The highest BCUT2D eigenvalue weighted by Crippen LogP contribution is 2.68. The zero-order chi connectivity index (χ0) is 23.8. The molecule has 4 aliphatic rings. The van der Waals surface area contributed by atoms with Crippen LogP contribution in [-0.4, -0.2) is 29.0 Å². The third kappa shape index (κ3) is 4.46. The van der Waals surface area contributed by atoms with Crippen LogP contribution in [0.5, 0.6) is 0 Å². The van der Waals surface area contributed by atoms with Crippen molar-refractivity contribution in [1.82, 2.24) is 0 Å². The van der Waals surface area contributed by atoms with Crippen molar-refractivity contribution < 1.29 is 10.2 Å². The highest BCUT2D eigenvalue weighted by Gasteiger charge is 2.61. The van der Waals surface area contributed by atoms with Gasteiger partial charge in [0.2, 0.25) is 0 Å². The quantitative estimate of drug-likeness (QED) is 0.356. The molecule has 3 heteroatoms. The van der Waals surface area contributed by atoms with Gasteiger partial charge in [0, 0.05) is 5.41 Å². The number of aliphatic hydroxyl groups is 2. The largest absolute Gasteiger partial charge is 0.393 e. The molecule has 0 amide bonds. The molecule has 0 aromatic heterocycles. The first kappa shape index (κ1) is 25.3. The van der Waals surface area contributed by atoms with E-state index >= 15 is 0 Å². The number of hydrogen-bond donors (Lipinski definition) is 3. The summed E-state index contributed by atoms with van der Waals surface area (Å²) in [6.45, 7) is 10.1. The van der Waals surface area contributed by atoms with Gasteiger partial charge in [0.15, 0.2) is 0 Å². The number of nitrogens with two attached hydrogens (primary N) is 1. The number of hydrogen-bond acceptors (Lipinski definition) is 3. The molecule has 0 aromatic rings. The summed E-state index contributed by atoms with van der Waals surface area (Å²) in [5, 5.41) is 21.9. The Morgan fingerprint density at radius 1 is 1.09 bits per heavy atom. The molecular formula is C30H49NO2. The van der Waals surface area contributed by atoms with E-state index in [-0.39, 0.29) is 11.5 Å². The van der Waals surface area contributed by atoms with Crippen LogP contribution in [0.15, 0.2) is 11.6 Å². The molecule has 0 aromatic carbocycles. The highest BCUT2D eigenvalue weighted by atomic mass is 16.3. The first-order valence-electron chi connectivity index (χ1n) is 14.0. The molecule has 4 N–H and O–H groups in total. The second-order valence-corrected chi connectivity index (χ2v) is 12.7. The lowest BCUT2D eigenvalue weighted by Crippen LogP contribution is -2.56. The van der Waals surface area contributed by atoms with E-state index in [9.17, 15) is 10.2 Å². The Kier molecular flexibility index (Phi) is 7.69. The fourth-order valence-corrected chi connectivity index (χ4v) is 9.17. The van der Waals surface area contributed by atoms with Crippen LogP contribution in [0.25, 0.3) is 0 Å². The highest BCUT2D eigenvalue weighted by molar-refractivity contribution is 5.32. The van der Waals surface area contributed by atoms with Gasteiger partial charge < -0.3 is 15.9 Å². The predicted octanol–water partition coefficient (Wildman–Crippen LogP) is 5.69. The lowest BCUT2D eigenvalue weighted by Gasteiger charge is -2.60. The van der Waals surface area contributed by atoms with Crippen LogP contribution in [0.2, 0.25) is 0 Å². The molecular weight excluding hydrogens is 406 g/mol. The van der Waals surface area contributed by atoms with E-state index < -0.39 is 6.10 Å². The van der Waals surface area contributed by atoms with Gasteiger partial charge in [0.05, 0.1) is 12.6 Å². The number of allylic oxidation sites excluding steroid dienone is 1. The van der Waals surface area contributed by atoms with Crippen molar-refractivity contribution in [1.29, 1.82) is 0 Å². The van der Waals surface area contributed by atoms with Gasteiger partial charge in [-0.05, 0) is 92.3 Å². The van der Waals surface area contributed by atoms with Gasteiger partial charge in [-0.1, -0.05) is 70.4 Å². The average Bonchev–Trinajstić information content (AvgIpc) is 3.14. The van der Waals surface area contributed by atoms with Crippen LogP contribution >= 0.6 is 0 Å². The second-order valence-electron chi connectivity index (χ2n) is 12.7. The van der Waals surface area contributed by atoms with Crippen molar-refractivity contribution in [2.75, 3.05) is 6.54 Å². The lowest BCUT2D eigenvalue weighted by atomic mass is 9.45. The SMILES string of the molecule is CC(C)CCC[C@@H](C)[C@H]1CC[C@H]2[C@@H]3CC=C4C[C@@H](O)CC[C@]4(C(O)C#CCN)[C@H]3CC[C@]12C. The molecule has 3 fully saturated rings. The van der Waals surface area contributed by atoms with Crippen LogP contribution in [0.1, 0.15) is 98.3 Å². The van der Waals surface area contributed by atoms with Crippen molar-refractivity contribution in [3.05, 3.63) is 11.6 Å². The lowest BCUT2D eigenvalue weighted by molar-refractivity contribution is -0.0943. The molecule has 186 valence electrons. The van der Waals surface area contributed by atoms with Crippen LogP contribution in [0.4, 0.5) is 0 Å². The third-order valence-electron chi connectivity index (χ3n) is 10.7. The molecule has 0 aliphatic heterocycles. The molecule has 0 heterocycles. The molecule has 0 bridgehead atoms. The summed E-state index contributed by atoms with van der Waals surface area (Å²) in [5.41, 5.74) is 7.13. The molecule has 33 heavy (non-hydrogen) atoms. The minimum absolute atomic E-state index is 0.271. The van der Waals surface area contributed by atoms with Crippen molar-refractivity contribution in [2.24, 2.45) is 52.1 Å². The maximum Gasteiger partial charge on any atom is 0.124 e.